The molecule has 0 saturated carbocycles. The van der Waals surface area contributed by atoms with E-state index >= 15 is 0 Å². The van der Waals surface area contributed by atoms with Crippen molar-refractivity contribution in [3.8, 4) is 0 Å². The molecule has 0 fully saturated rings. The molecule has 3 aromatic heterocycles. The Morgan fingerprint density at radius 1 is 0.660 bits per heavy atom. The number of aromatic nitrogens is 4. The molecule has 0 radical (unpaired) electrons. The number of hydrogen-bond donors (Lipinski definition) is 6. The van der Waals surface area contributed by atoms with Crippen LogP contribution in [-0.4, -0.2) is 65.5 Å². The van der Waals surface area contributed by atoms with Gasteiger partial charge in [0.15, 0.2) is 0 Å². The SMILES string of the molecule is CC1=C(CCC(=O)[O-])c2cc3nc(cc4[nH]c(cc5[nH]c(cc1n2)c(C)c5C(O)CO)c(C)c4C(O)CO)C(C)=C3CCC(=O)[O-].[Zn+2]. The topological polar surface area (TPSA) is 219 Å². The van der Waals surface area contributed by atoms with Crippen LogP contribution in [-0.2, 0) is 29.1 Å². The summed E-state index contributed by atoms with van der Waals surface area (Å²) in [6.45, 7) is 6.16. The van der Waals surface area contributed by atoms with Crippen molar-refractivity contribution in [1.82, 2.24) is 19.9 Å². The monoisotopic (exact) mass is 692 g/mol. The Kier molecular flexibility index (Phi) is 11.0. The second-order valence-corrected chi connectivity index (χ2v) is 11.7. The largest absolute Gasteiger partial charge is 2.00 e. The number of nitrogens with one attached hydrogen (secondary N) is 2. The number of aromatic amines is 2. The number of aliphatic hydroxyl groups excluding tert-OH is 4. The molecule has 47 heavy (non-hydrogen) atoms. The first kappa shape index (κ1) is 35.9. The molecule has 2 unspecified atom stereocenters. The number of H-pyrrole nitrogens is 2. The zero-order valence-corrected chi connectivity index (χ0v) is 29.7. The van der Waals surface area contributed by atoms with Crippen molar-refractivity contribution in [1.29, 1.82) is 0 Å². The second kappa shape index (κ2) is 14.4. The zero-order chi connectivity index (χ0) is 33.4. The van der Waals surface area contributed by atoms with Crippen LogP contribution < -0.4 is 10.2 Å². The van der Waals surface area contributed by atoms with Crippen LogP contribution in [0, 0.1) is 13.8 Å². The maximum absolute atomic E-state index is 11.4. The number of carboxylic acids is 2. The van der Waals surface area contributed by atoms with E-state index in [9.17, 15) is 40.2 Å². The minimum atomic E-state index is -1.23. The number of fused-ring (bicyclic) bond motifs is 8. The molecule has 2 aliphatic heterocycles. The summed E-state index contributed by atoms with van der Waals surface area (Å²) in [7, 11) is 0. The number of aliphatic carboxylic acids is 2. The van der Waals surface area contributed by atoms with Crippen molar-refractivity contribution in [2.45, 2.75) is 65.6 Å². The number of nitrogens with zero attached hydrogens (tertiary/aromatic N) is 2. The van der Waals surface area contributed by atoms with Crippen LogP contribution in [0.3, 0.4) is 0 Å². The van der Waals surface area contributed by atoms with E-state index in [2.05, 4.69) is 9.97 Å². The number of hydrogen-bond acceptors (Lipinski definition) is 10. The standard InChI is InChI=1S/C34H38N4O8.Zn/c1-15-19(5-7-31(43)44)25-12-26-20(6-8-32(45)46)16(2)22(36-26)10-27-34(30(42)14-40)18(4)24(38-27)11-28-33(29(41)13-39)17(3)23(37-28)9-21(15)35-25;/h9-12,29-30,37-42H,5-8,13-14H2,1-4H3,(H,43,44)(H,45,46);/q;+2/p-2. The van der Waals surface area contributed by atoms with Crippen LogP contribution in [0.5, 0.6) is 0 Å². The molecule has 0 saturated heterocycles. The minimum absolute atomic E-state index is 0. The predicted molar refractivity (Wildman–Crippen MR) is 168 cm³/mol. The summed E-state index contributed by atoms with van der Waals surface area (Å²) in [5.41, 5.74) is 9.07. The van der Waals surface area contributed by atoms with Gasteiger partial charge in [-0.2, -0.15) is 0 Å². The van der Waals surface area contributed by atoms with E-state index in [1.54, 1.807) is 38.1 Å². The number of carbonyl (C=O) groups is 2. The van der Waals surface area contributed by atoms with E-state index in [1.165, 1.54) is 0 Å². The van der Waals surface area contributed by atoms with Gasteiger partial charge in [-0.05, 0) is 111 Å². The second-order valence-electron chi connectivity index (χ2n) is 11.7. The molecular weight excluding hydrogens is 658 g/mol. The van der Waals surface area contributed by atoms with Gasteiger partial charge in [-0.3, -0.25) is 0 Å². The summed E-state index contributed by atoms with van der Waals surface area (Å²) in [6.07, 6.45) is -2.67. The minimum Gasteiger partial charge on any atom is -0.550 e. The third-order valence-corrected chi connectivity index (χ3v) is 8.80. The summed E-state index contributed by atoms with van der Waals surface area (Å²) in [5, 5.41) is 64.4. The third kappa shape index (κ3) is 7.00. The first-order valence-corrected chi connectivity index (χ1v) is 15.0. The summed E-state index contributed by atoms with van der Waals surface area (Å²) < 4.78 is 0. The molecule has 6 N–H and O–H groups in total. The van der Waals surface area contributed by atoms with Gasteiger partial charge < -0.3 is 50.2 Å². The summed E-state index contributed by atoms with van der Waals surface area (Å²) >= 11 is 0. The van der Waals surface area contributed by atoms with Crippen LogP contribution >= 0.6 is 0 Å². The normalized spacial score (nSPS) is 14.3. The summed E-state index contributed by atoms with van der Waals surface area (Å²) in [6, 6.07) is 6.97. The van der Waals surface area contributed by atoms with Gasteiger partial charge in [0.1, 0.15) is 12.2 Å². The Labute approximate surface area is 283 Å². The number of aryl methyl sites for hydroxylation is 2. The van der Waals surface area contributed by atoms with Crippen molar-refractivity contribution in [3.05, 3.63) is 69.3 Å². The van der Waals surface area contributed by atoms with Gasteiger partial charge in [0.05, 0.1) is 36.0 Å². The molecule has 2 atom stereocenters. The Morgan fingerprint density at radius 3 is 1.45 bits per heavy atom. The third-order valence-electron chi connectivity index (χ3n) is 8.80. The maximum atomic E-state index is 11.4. The Balaban J connectivity index is 0.00000500. The summed E-state index contributed by atoms with van der Waals surface area (Å²) in [5.74, 6) is -2.43. The van der Waals surface area contributed by atoms with Crippen molar-refractivity contribution in [3.63, 3.8) is 0 Å². The van der Waals surface area contributed by atoms with Gasteiger partial charge in [-0.15, -0.1) is 0 Å². The van der Waals surface area contributed by atoms with Gasteiger partial charge in [0.25, 0.3) is 0 Å². The predicted octanol–water partition coefficient (Wildman–Crippen LogP) is 1.90. The van der Waals surface area contributed by atoms with E-state index in [0.717, 1.165) is 5.57 Å². The number of carboxylic acid groups (broad SMARTS) is 2. The van der Waals surface area contributed by atoms with E-state index in [4.69, 9.17) is 9.97 Å². The summed E-state index contributed by atoms with van der Waals surface area (Å²) in [4.78, 5) is 39.2. The molecule has 242 valence electrons. The van der Waals surface area contributed by atoms with Crippen molar-refractivity contribution >= 4 is 56.3 Å². The molecule has 0 aliphatic carbocycles. The molecule has 12 nitrogen and oxygen atoms in total. The number of carbonyl (C=O) groups excluding carboxylic acids is 2. The van der Waals surface area contributed by atoms with E-state index in [1.807, 2.05) is 13.8 Å². The fourth-order valence-electron chi connectivity index (χ4n) is 6.27. The van der Waals surface area contributed by atoms with Crippen molar-refractivity contribution in [2.24, 2.45) is 0 Å². The van der Waals surface area contributed by atoms with E-state index < -0.39 is 37.4 Å². The average Bonchev–Trinajstić information content (AvgIpc) is 3.67. The first-order chi connectivity index (χ1) is 21.8. The van der Waals surface area contributed by atoms with Crippen LogP contribution in [0.2, 0.25) is 0 Å². The molecule has 5 heterocycles. The molecule has 8 bridgehead atoms. The van der Waals surface area contributed by atoms with E-state index in [-0.39, 0.29) is 45.2 Å². The number of allylic oxidation sites excluding steroid dienone is 4. The zero-order valence-electron chi connectivity index (χ0n) is 26.7. The molecule has 0 aromatic carbocycles. The maximum Gasteiger partial charge on any atom is 2.00 e. The Bertz CT molecular complexity index is 1970. The number of rotatable bonds is 10. The smallest absolute Gasteiger partial charge is 0.550 e. The molecule has 0 spiro atoms. The quantitative estimate of drug-likeness (QED) is 0.169. The van der Waals surface area contributed by atoms with E-state index in [0.29, 0.717) is 83.8 Å². The van der Waals surface area contributed by atoms with Gasteiger partial charge in [-0.1, -0.05) is 0 Å². The molecule has 0 amide bonds. The van der Waals surface area contributed by atoms with Crippen molar-refractivity contribution in [2.75, 3.05) is 13.2 Å². The van der Waals surface area contributed by atoms with Gasteiger partial charge >= 0.3 is 19.5 Å². The van der Waals surface area contributed by atoms with Crippen LogP contribution in [0.4, 0.5) is 0 Å². The Morgan fingerprint density at radius 2 is 1.04 bits per heavy atom. The van der Waals surface area contributed by atoms with Gasteiger partial charge in [0, 0.05) is 45.1 Å². The van der Waals surface area contributed by atoms with Crippen molar-refractivity contribution < 1.29 is 59.7 Å². The molecular formula is C34H36N4O8Zn. The average molecular weight is 694 g/mol. The molecule has 5 rings (SSSR count). The fourth-order valence-corrected chi connectivity index (χ4v) is 6.27. The van der Waals surface area contributed by atoms with Crippen LogP contribution in [0.15, 0.2) is 24.3 Å². The molecule has 13 heteroatoms. The molecule has 2 aliphatic rings. The van der Waals surface area contributed by atoms with Gasteiger partial charge in [0.2, 0.25) is 0 Å². The fraction of sp³-hybridized carbons (Fsp3) is 0.353. The number of aliphatic hydroxyl groups is 4. The van der Waals surface area contributed by atoms with Crippen LogP contribution in [0.25, 0.3) is 44.4 Å². The first-order valence-electron chi connectivity index (χ1n) is 15.0. The van der Waals surface area contributed by atoms with Gasteiger partial charge in [-0.25, -0.2) is 9.97 Å². The molecule has 3 aromatic rings. The van der Waals surface area contributed by atoms with Crippen LogP contribution in [0.1, 0.15) is 96.8 Å². The Hall–Kier alpha value is -4.00.